The van der Waals surface area contributed by atoms with E-state index in [1.807, 2.05) is 6.08 Å². The highest BCUT2D eigenvalue weighted by molar-refractivity contribution is 6.81. The van der Waals surface area contributed by atoms with Crippen LogP contribution < -0.4 is 0 Å². The Kier molecular flexibility index (Phi) is 4.40. The molecule has 1 atom stereocenters. The summed E-state index contributed by atoms with van der Waals surface area (Å²) in [4.78, 5) is 0. The lowest BCUT2D eigenvalue weighted by Gasteiger charge is -2.40. The van der Waals surface area contributed by atoms with Crippen LogP contribution >= 0.6 is 0 Å². The van der Waals surface area contributed by atoms with Gasteiger partial charge < -0.3 is 5.11 Å². The lowest BCUT2D eigenvalue weighted by Crippen LogP contribution is -2.40. The molecule has 1 N–H and O–H groups in total. The Balaban J connectivity index is 4.54. The van der Waals surface area contributed by atoms with E-state index in [2.05, 4.69) is 46.9 Å². The van der Waals surface area contributed by atoms with E-state index in [9.17, 15) is 0 Å². The maximum atomic E-state index is 8.71. The summed E-state index contributed by atoms with van der Waals surface area (Å²) >= 11 is 0. The minimum Gasteiger partial charge on any atom is -0.392 e. The first-order valence-corrected chi connectivity index (χ1v) is 8.08. The average Bonchev–Trinajstić information content (AvgIpc) is 1.97. The van der Waals surface area contributed by atoms with Crippen molar-refractivity contribution in [1.82, 2.24) is 0 Å². The SMILES string of the molecule is CC(/C=C/CO)[Si](C)(C)C(C)(C)C. The molecule has 0 aliphatic carbocycles. The molecule has 0 heterocycles. The van der Waals surface area contributed by atoms with Crippen molar-refractivity contribution in [2.45, 2.75) is 51.4 Å². The van der Waals surface area contributed by atoms with Gasteiger partial charge in [-0.25, -0.2) is 0 Å². The highest BCUT2D eigenvalue weighted by atomic mass is 28.3. The van der Waals surface area contributed by atoms with Gasteiger partial charge in [0.05, 0.1) is 14.7 Å². The standard InChI is InChI=1S/C11H24OSi/c1-10(8-7-9-12)13(5,6)11(2,3)4/h7-8,10,12H,9H2,1-6H3/b8-7+. The summed E-state index contributed by atoms with van der Waals surface area (Å²) in [6.45, 7) is 14.2. The maximum absolute atomic E-state index is 8.71. The van der Waals surface area contributed by atoms with Crippen molar-refractivity contribution in [3.8, 4) is 0 Å². The normalized spacial score (nSPS) is 16.5. The highest BCUT2D eigenvalue weighted by Gasteiger charge is 2.38. The van der Waals surface area contributed by atoms with Crippen LogP contribution in [-0.4, -0.2) is 19.8 Å². The quantitative estimate of drug-likeness (QED) is 0.546. The second kappa shape index (κ2) is 4.42. The van der Waals surface area contributed by atoms with E-state index in [0.29, 0.717) is 10.6 Å². The number of rotatable bonds is 3. The van der Waals surface area contributed by atoms with Gasteiger partial charge in [-0.05, 0) is 10.6 Å². The largest absolute Gasteiger partial charge is 0.392 e. The maximum Gasteiger partial charge on any atom is 0.0612 e. The van der Waals surface area contributed by atoms with Crippen molar-refractivity contribution in [2.75, 3.05) is 6.61 Å². The Hall–Kier alpha value is -0.0831. The summed E-state index contributed by atoms with van der Waals surface area (Å²) in [7, 11) is -1.24. The molecule has 78 valence electrons. The molecule has 13 heavy (non-hydrogen) atoms. The molecule has 0 amide bonds. The summed E-state index contributed by atoms with van der Waals surface area (Å²) in [5, 5.41) is 9.14. The van der Waals surface area contributed by atoms with Crippen molar-refractivity contribution in [1.29, 1.82) is 0 Å². The van der Waals surface area contributed by atoms with Crippen LogP contribution in [0.5, 0.6) is 0 Å². The topological polar surface area (TPSA) is 20.2 Å². The summed E-state index contributed by atoms with van der Waals surface area (Å²) in [5.74, 6) is 0. The van der Waals surface area contributed by atoms with Crippen LogP contribution in [0.1, 0.15) is 27.7 Å². The van der Waals surface area contributed by atoms with Gasteiger partial charge in [-0.15, -0.1) is 0 Å². The zero-order valence-electron chi connectivity index (χ0n) is 9.89. The first-order valence-electron chi connectivity index (χ1n) is 5.01. The fourth-order valence-electron chi connectivity index (χ4n) is 1.19. The van der Waals surface area contributed by atoms with E-state index >= 15 is 0 Å². The third kappa shape index (κ3) is 3.28. The van der Waals surface area contributed by atoms with E-state index in [4.69, 9.17) is 5.11 Å². The van der Waals surface area contributed by atoms with Crippen LogP contribution in [0.3, 0.4) is 0 Å². The number of hydrogen-bond donors (Lipinski definition) is 1. The first-order chi connectivity index (χ1) is 5.73. The molecule has 0 spiro atoms. The van der Waals surface area contributed by atoms with Gasteiger partial charge >= 0.3 is 0 Å². The summed E-state index contributed by atoms with van der Waals surface area (Å²) in [6.07, 6.45) is 4.03. The van der Waals surface area contributed by atoms with Crippen LogP contribution in [0.2, 0.25) is 23.7 Å². The van der Waals surface area contributed by atoms with Gasteiger partial charge in [0.1, 0.15) is 0 Å². The smallest absolute Gasteiger partial charge is 0.0612 e. The molecule has 0 bridgehead atoms. The number of aliphatic hydroxyl groups excluding tert-OH is 1. The van der Waals surface area contributed by atoms with Gasteiger partial charge in [0, 0.05) is 0 Å². The van der Waals surface area contributed by atoms with Crippen molar-refractivity contribution in [2.24, 2.45) is 0 Å². The van der Waals surface area contributed by atoms with Gasteiger partial charge in [0.25, 0.3) is 0 Å². The van der Waals surface area contributed by atoms with Gasteiger partial charge in [-0.1, -0.05) is 52.9 Å². The molecule has 0 fully saturated rings. The Bertz CT molecular complexity index is 177. The molecular formula is C11H24OSi. The minimum atomic E-state index is -1.24. The van der Waals surface area contributed by atoms with Crippen LogP contribution in [0, 0.1) is 0 Å². The molecule has 1 nitrogen and oxygen atoms in total. The third-order valence-electron chi connectivity index (χ3n) is 3.60. The summed E-state index contributed by atoms with van der Waals surface area (Å²) < 4.78 is 0. The van der Waals surface area contributed by atoms with Crippen molar-refractivity contribution < 1.29 is 5.11 Å². The highest BCUT2D eigenvalue weighted by Crippen LogP contribution is 2.43. The van der Waals surface area contributed by atoms with Gasteiger partial charge in [-0.2, -0.15) is 0 Å². The van der Waals surface area contributed by atoms with E-state index < -0.39 is 8.07 Å². The molecule has 0 aliphatic heterocycles. The lowest BCUT2D eigenvalue weighted by molar-refractivity contribution is 0.342. The Morgan fingerprint density at radius 3 is 2.08 bits per heavy atom. The van der Waals surface area contributed by atoms with E-state index in [1.165, 1.54) is 0 Å². The molecule has 0 aromatic heterocycles. The lowest BCUT2D eigenvalue weighted by atomic mass is 10.2. The number of allylic oxidation sites excluding steroid dienone is 1. The number of aliphatic hydroxyl groups is 1. The second-order valence-electron chi connectivity index (χ2n) is 5.37. The molecule has 2 heteroatoms. The van der Waals surface area contributed by atoms with Crippen LogP contribution in [0.4, 0.5) is 0 Å². The molecule has 0 radical (unpaired) electrons. The molecule has 1 unspecified atom stereocenters. The Labute approximate surface area is 83.9 Å². The fourth-order valence-corrected chi connectivity index (χ4v) is 3.17. The Morgan fingerprint density at radius 1 is 1.31 bits per heavy atom. The second-order valence-corrected chi connectivity index (χ2v) is 11.2. The molecule has 0 rings (SSSR count). The Morgan fingerprint density at radius 2 is 1.77 bits per heavy atom. The molecule has 0 aromatic carbocycles. The van der Waals surface area contributed by atoms with Crippen molar-refractivity contribution in [3.63, 3.8) is 0 Å². The predicted molar refractivity (Wildman–Crippen MR) is 62.8 cm³/mol. The summed E-state index contributed by atoms with van der Waals surface area (Å²) in [5.41, 5.74) is 0.625. The van der Waals surface area contributed by atoms with Gasteiger partial charge in [0.2, 0.25) is 0 Å². The molecule has 0 aromatic rings. The van der Waals surface area contributed by atoms with Crippen LogP contribution in [0.25, 0.3) is 0 Å². The third-order valence-corrected chi connectivity index (χ3v) is 9.94. The minimum absolute atomic E-state index is 0.166. The van der Waals surface area contributed by atoms with Crippen LogP contribution in [-0.2, 0) is 0 Å². The summed E-state index contributed by atoms with van der Waals surface area (Å²) in [6, 6.07) is 0. The van der Waals surface area contributed by atoms with E-state index in [-0.39, 0.29) is 6.61 Å². The molecule has 0 saturated carbocycles. The molecule has 0 aliphatic rings. The van der Waals surface area contributed by atoms with Crippen molar-refractivity contribution >= 4 is 8.07 Å². The first kappa shape index (κ1) is 12.9. The predicted octanol–water partition coefficient (Wildman–Crippen LogP) is 3.43. The monoisotopic (exact) mass is 200 g/mol. The number of hydrogen-bond acceptors (Lipinski definition) is 1. The van der Waals surface area contributed by atoms with E-state index in [1.54, 1.807) is 0 Å². The molecular weight excluding hydrogens is 176 g/mol. The zero-order chi connectivity index (χ0) is 10.7. The van der Waals surface area contributed by atoms with Gasteiger partial charge in [-0.3, -0.25) is 0 Å². The average molecular weight is 200 g/mol. The van der Waals surface area contributed by atoms with Gasteiger partial charge in [0.15, 0.2) is 0 Å². The van der Waals surface area contributed by atoms with E-state index in [0.717, 1.165) is 0 Å². The van der Waals surface area contributed by atoms with Crippen molar-refractivity contribution in [3.05, 3.63) is 12.2 Å². The van der Waals surface area contributed by atoms with Crippen LogP contribution in [0.15, 0.2) is 12.2 Å². The molecule has 0 saturated heterocycles. The zero-order valence-corrected chi connectivity index (χ0v) is 10.9. The fraction of sp³-hybridized carbons (Fsp3) is 0.818.